The van der Waals surface area contributed by atoms with E-state index in [1.54, 1.807) is 0 Å². The lowest BCUT2D eigenvalue weighted by molar-refractivity contribution is 0.668. The van der Waals surface area contributed by atoms with Crippen LogP contribution in [0.1, 0.15) is 0 Å². The van der Waals surface area contributed by atoms with Crippen molar-refractivity contribution in [2.24, 2.45) is 0 Å². The van der Waals surface area contributed by atoms with Gasteiger partial charge >= 0.3 is 0 Å². The molecule has 20 aromatic carbocycles. The molecule has 0 bridgehead atoms. The first-order valence-corrected chi connectivity index (χ1v) is 47.4. The maximum Gasteiger partial charge on any atom is 0.160 e. The number of benzene rings is 20. The highest BCUT2D eigenvalue weighted by Crippen LogP contribution is 2.43. The fourth-order valence-corrected chi connectivity index (χ4v) is 18.8. The predicted molar refractivity (Wildman–Crippen MR) is 580 cm³/mol. The lowest BCUT2D eigenvalue weighted by Crippen LogP contribution is -1.97. The highest BCUT2D eigenvalue weighted by Gasteiger charge is 2.22. The van der Waals surface area contributed by atoms with Gasteiger partial charge in [-0.15, -0.1) is 0 Å². The maximum absolute atomic E-state index is 6.29. The molecule has 141 heavy (non-hydrogen) atoms. The summed E-state index contributed by atoms with van der Waals surface area (Å²) in [5, 5.41) is 6.63. The average molecular weight is 1800 g/mol. The first-order chi connectivity index (χ1) is 69.8. The molecule has 0 aliphatic rings. The van der Waals surface area contributed by atoms with Crippen LogP contribution < -0.4 is 0 Å². The third-order valence-corrected chi connectivity index (χ3v) is 26.1. The molecule has 0 unspecified atom stereocenters. The molecule has 6 heterocycles. The zero-order valence-electron chi connectivity index (χ0n) is 76.6. The molecule has 0 fully saturated rings. The number of hydrogen-bond donors (Lipinski definition) is 0. The summed E-state index contributed by atoms with van der Waals surface area (Å²) in [5.74, 6) is 2.05. The third kappa shape index (κ3) is 18.0. The molecule has 0 atom stereocenters. The number of rotatable bonds is 17. The van der Waals surface area contributed by atoms with Gasteiger partial charge in [0.05, 0.1) is 34.2 Å². The lowest BCUT2D eigenvalue weighted by atomic mass is 9.93. The van der Waals surface area contributed by atoms with E-state index in [2.05, 4.69) is 406 Å². The molecule has 0 radical (unpaired) electrons. The van der Waals surface area contributed by atoms with Gasteiger partial charge in [0, 0.05) is 82.4 Å². The highest BCUT2D eigenvalue weighted by molar-refractivity contribution is 6.08. The van der Waals surface area contributed by atoms with Crippen LogP contribution in [0, 0.1) is 0 Å². The van der Waals surface area contributed by atoms with Crippen LogP contribution in [0.15, 0.2) is 535 Å². The van der Waals surface area contributed by atoms with Crippen LogP contribution in [0.3, 0.4) is 0 Å². The molecule has 662 valence electrons. The summed E-state index contributed by atoms with van der Waals surface area (Å²) in [6, 6.07) is 181. The highest BCUT2D eigenvalue weighted by atomic mass is 16.3. The van der Waals surface area contributed by atoms with E-state index in [0.29, 0.717) is 17.5 Å². The average Bonchev–Trinajstić information content (AvgIpc) is 1.60. The maximum atomic E-state index is 6.29. The van der Waals surface area contributed by atoms with E-state index in [1.165, 1.54) is 50.1 Å². The molecule has 26 aromatic rings. The van der Waals surface area contributed by atoms with Crippen LogP contribution in [-0.4, -0.2) is 29.9 Å². The van der Waals surface area contributed by atoms with Crippen LogP contribution in [0.4, 0.5) is 0 Å². The van der Waals surface area contributed by atoms with Crippen LogP contribution in [0.5, 0.6) is 0 Å². The normalized spacial score (nSPS) is 11.3. The Hall–Kier alpha value is -19.0. The van der Waals surface area contributed by atoms with E-state index in [9.17, 15) is 0 Å². The fraction of sp³-hybridized carbons (Fsp3) is 0. The molecule has 9 heteroatoms. The summed E-state index contributed by atoms with van der Waals surface area (Å²) in [5.41, 5.74) is 38.0. The zero-order valence-corrected chi connectivity index (χ0v) is 76.6. The van der Waals surface area contributed by atoms with Gasteiger partial charge in [-0.1, -0.05) is 406 Å². The molecule has 0 aliphatic heterocycles. The zero-order chi connectivity index (χ0) is 93.7. The van der Waals surface area contributed by atoms with Crippen molar-refractivity contribution in [2.45, 2.75) is 0 Å². The van der Waals surface area contributed by atoms with Gasteiger partial charge in [-0.2, -0.15) is 0 Å². The Bertz CT molecular complexity index is 8920. The molecule has 26 rings (SSSR count). The summed E-state index contributed by atoms with van der Waals surface area (Å²) >= 11 is 0. The summed E-state index contributed by atoms with van der Waals surface area (Å²) in [4.78, 5) is 30.6. The lowest BCUT2D eigenvalue weighted by Gasteiger charge is -2.13. The van der Waals surface area contributed by atoms with Gasteiger partial charge in [0.2, 0.25) is 0 Å². The summed E-state index contributed by atoms with van der Waals surface area (Å²) in [7, 11) is 0. The number of fused-ring (bicyclic) bond motifs is 9. The van der Waals surface area contributed by atoms with Crippen LogP contribution >= 0.6 is 0 Å². The first kappa shape index (κ1) is 85.0. The molecule has 0 saturated carbocycles. The molecule has 0 aliphatic carbocycles. The van der Waals surface area contributed by atoms with Gasteiger partial charge in [-0.25, -0.2) is 29.9 Å². The van der Waals surface area contributed by atoms with Crippen molar-refractivity contribution in [3.63, 3.8) is 0 Å². The molecule has 9 nitrogen and oxygen atoms in total. The van der Waals surface area contributed by atoms with E-state index in [0.717, 1.165) is 189 Å². The quantitative estimate of drug-likeness (QED) is 0.0878. The van der Waals surface area contributed by atoms with Gasteiger partial charge < -0.3 is 13.3 Å². The van der Waals surface area contributed by atoms with Crippen molar-refractivity contribution in [1.29, 1.82) is 0 Å². The smallest absolute Gasteiger partial charge is 0.160 e. The van der Waals surface area contributed by atoms with E-state index < -0.39 is 0 Å². The number of nitrogens with zero attached hydrogens (tertiary/aromatic N) is 6. The topological polar surface area (TPSA) is 117 Å². The standard InChI is InChI=1S/2C46H30N2O.C40H26N2O/c1-4-12-31(13-5-1)37-26-38(32-14-6-2-7-15-32)28-39(27-37)33-20-22-34(23-21-33)42-30-43(48-46(47-42)35-16-8-3-9-17-35)36-24-25-41-40-18-10-11-19-44(40)49-45(41)29-36;1-4-12-31(13-5-1)34-20-22-35(23-21-34)46-47-42(36-24-25-41-40-18-10-11-19-44(40)49-45(41)29-36)30-43(48-46)39-27-37(32-14-6-2-7-15-32)26-38(28-39)33-16-8-3-9-17-33;1-3-10-27(11-4-1)31-14-9-15-32(24-31)28-18-20-29(21-19-28)36-26-37(42-40(41-36)30-12-5-2-6-13-30)33-22-23-35-34-16-7-8-17-38(34)43-39(35)25-33/h2*1-30H;1-26H. The fourth-order valence-electron chi connectivity index (χ4n) is 18.8. The number of para-hydroxylation sites is 3. The molecule has 0 saturated heterocycles. The Morgan fingerprint density at radius 1 is 0.0993 bits per heavy atom. The van der Waals surface area contributed by atoms with Crippen LogP contribution in [-0.2, 0) is 0 Å². The minimum absolute atomic E-state index is 0.670. The van der Waals surface area contributed by atoms with E-state index in [1.807, 2.05) is 115 Å². The molecule has 0 amide bonds. The van der Waals surface area contributed by atoms with E-state index >= 15 is 0 Å². The Balaban J connectivity index is 0.000000115. The van der Waals surface area contributed by atoms with Crippen molar-refractivity contribution in [3.8, 4) is 191 Å². The first-order valence-electron chi connectivity index (χ1n) is 47.4. The SMILES string of the molecule is c1ccc(-c2cc(-c3ccccc3)cc(-c3ccc(-c4cc(-c5ccc6c(c5)oc5ccccc56)nc(-c5ccccc5)n4)cc3)c2)cc1.c1ccc(-c2ccc(-c3nc(-c4cc(-c5ccccc5)cc(-c5ccccc5)c4)cc(-c4ccc5c(c4)oc4ccccc45)n3)cc2)cc1.c1ccc(-c2cccc(-c3ccc(-c4cc(-c5ccc6c(c5)oc5ccccc56)nc(-c5ccccc5)n4)cc3)c2)cc1. The minimum Gasteiger partial charge on any atom is -0.456 e. The molecular weight excluding hydrogens is 1720 g/mol. The van der Waals surface area contributed by atoms with Crippen molar-refractivity contribution >= 4 is 65.8 Å². The van der Waals surface area contributed by atoms with Gasteiger partial charge in [0.1, 0.15) is 33.5 Å². The molecule has 6 aromatic heterocycles. The van der Waals surface area contributed by atoms with Gasteiger partial charge in [-0.05, 0) is 204 Å². The number of hydrogen-bond acceptors (Lipinski definition) is 9. The summed E-state index contributed by atoms with van der Waals surface area (Å²) in [6.07, 6.45) is 0. The second kappa shape index (κ2) is 38.1. The van der Waals surface area contributed by atoms with Gasteiger partial charge in [-0.3, -0.25) is 0 Å². The van der Waals surface area contributed by atoms with Crippen molar-refractivity contribution in [2.75, 3.05) is 0 Å². The molecule has 0 spiro atoms. The summed E-state index contributed by atoms with van der Waals surface area (Å²) < 4.78 is 18.7. The Morgan fingerprint density at radius 2 is 0.277 bits per heavy atom. The van der Waals surface area contributed by atoms with Crippen LogP contribution in [0.25, 0.3) is 257 Å². The van der Waals surface area contributed by atoms with Crippen molar-refractivity contribution in [1.82, 2.24) is 29.9 Å². The van der Waals surface area contributed by atoms with Gasteiger partial charge in [0.25, 0.3) is 0 Å². The van der Waals surface area contributed by atoms with E-state index in [-0.39, 0.29) is 0 Å². The van der Waals surface area contributed by atoms with Crippen molar-refractivity contribution < 1.29 is 13.3 Å². The Morgan fingerprint density at radius 3 is 0.582 bits per heavy atom. The number of furan rings is 3. The Labute approximate surface area is 815 Å². The van der Waals surface area contributed by atoms with Crippen LogP contribution in [0.2, 0.25) is 0 Å². The minimum atomic E-state index is 0.670. The number of aromatic nitrogens is 6. The van der Waals surface area contributed by atoms with E-state index in [4.69, 9.17) is 43.2 Å². The monoisotopic (exact) mass is 1800 g/mol. The molecular formula is C132H86N6O3. The Kier molecular flexibility index (Phi) is 22.9. The summed E-state index contributed by atoms with van der Waals surface area (Å²) in [6.45, 7) is 0. The predicted octanol–water partition coefficient (Wildman–Crippen LogP) is 35.5. The van der Waals surface area contributed by atoms with Crippen molar-refractivity contribution in [3.05, 3.63) is 522 Å². The largest absolute Gasteiger partial charge is 0.456 e. The second-order valence-electron chi connectivity index (χ2n) is 35.2. The second-order valence-corrected chi connectivity index (χ2v) is 35.2. The molecule has 0 N–H and O–H groups in total. The van der Waals surface area contributed by atoms with Gasteiger partial charge in [0.15, 0.2) is 17.5 Å². The third-order valence-electron chi connectivity index (χ3n) is 26.1.